The van der Waals surface area contributed by atoms with E-state index in [0.717, 1.165) is 80.2 Å². The predicted molar refractivity (Wildman–Crippen MR) is 155 cm³/mol. The molecule has 4 aromatic rings. The van der Waals surface area contributed by atoms with Gasteiger partial charge in [-0.15, -0.1) is 0 Å². The first-order chi connectivity index (χ1) is 19.0. The molecule has 0 spiro atoms. The molecular formula is C28H33ClN8O2. The van der Waals surface area contributed by atoms with Crippen molar-refractivity contribution in [2.75, 3.05) is 74.7 Å². The first-order valence-corrected chi connectivity index (χ1v) is 13.6. The molecule has 2 saturated heterocycles. The molecule has 1 unspecified atom stereocenters. The lowest BCUT2D eigenvalue weighted by molar-refractivity contribution is 0.395. The lowest BCUT2D eigenvalue weighted by Crippen LogP contribution is -2.50. The minimum Gasteiger partial charge on any atom is -0.496 e. The van der Waals surface area contributed by atoms with Crippen LogP contribution in [-0.2, 0) is 0 Å². The molecule has 2 aliphatic rings. The summed E-state index contributed by atoms with van der Waals surface area (Å²) in [6.07, 6.45) is 5.92. The van der Waals surface area contributed by atoms with Gasteiger partial charge in [0.15, 0.2) is 0 Å². The quantitative estimate of drug-likeness (QED) is 0.388. The molecule has 1 aromatic carbocycles. The Morgan fingerprint density at radius 1 is 0.923 bits per heavy atom. The number of imidazole rings is 1. The summed E-state index contributed by atoms with van der Waals surface area (Å²) < 4.78 is 12.9. The fourth-order valence-electron chi connectivity index (χ4n) is 5.33. The van der Waals surface area contributed by atoms with Gasteiger partial charge in [-0.25, -0.2) is 9.97 Å². The number of benzene rings is 1. The van der Waals surface area contributed by atoms with Crippen LogP contribution in [0.3, 0.4) is 0 Å². The van der Waals surface area contributed by atoms with Gasteiger partial charge in [0.1, 0.15) is 23.0 Å². The average Bonchev–Trinajstić information content (AvgIpc) is 3.40. The lowest BCUT2D eigenvalue weighted by atomic mass is 10.1. The maximum atomic E-state index is 6.41. The van der Waals surface area contributed by atoms with E-state index in [-0.39, 0.29) is 0 Å². The first-order valence-electron chi connectivity index (χ1n) is 13.2. The smallest absolute Gasteiger partial charge is 0.227 e. The van der Waals surface area contributed by atoms with Crippen LogP contribution in [-0.4, -0.2) is 85.4 Å². The summed E-state index contributed by atoms with van der Waals surface area (Å²) in [6, 6.07) is 10.3. The van der Waals surface area contributed by atoms with Gasteiger partial charge < -0.3 is 33.9 Å². The summed E-state index contributed by atoms with van der Waals surface area (Å²) in [4.78, 5) is 21.4. The average molecular weight is 549 g/mol. The third-order valence-electron chi connectivity index (χ3n) is 7.44. The van der Waals surface area contributed by atoms with Gasteiger partial charge in [0.2, 0.25) is 5.95 Å². The van der Waals surface area contributed by atoms with E-state index in [2.05, 4.69) is 50.3 Å². The van der Waals surface area contributed by atoms with E-state index in [1.807, 2.05) is 28.9 Å². The van der Waals surface area contributed by atoms with Crippen LogP contribution in [0.5, 0.6) is 11.5 Å². The van der Waals surface area contributed by atoms with Gasteiger partial charge >= 0.3 is 0 Å². The number of aromatic nitrogens is 4. The van der Waals surface area contributed by atoms with Crippen molar-refractivity contribution in [2.24, 2.45) is 0 Å². The van der Waals surface area contributed by atoms with Crippen LogP contribution >= 0.6 is 11.6 Å². The number of halogens is 1. The Labute approximate surface area is 233 Å². The summed E-state index contributed by atoms with van der Waals surface area (Å²) in [6.45, 7) is 8.58. The summed E-state index contributed by atoms with van der Waals surface area (Å²) in [5, 5.41) is 3.99. The van der Waals surface area contributed by atoms with Crippen LogP contribution in [0.1, 0.15) is 6.92 Å². The molecule has 5 heterocycles. The van der Waals surface area contributed by atoms with Crippen molar-refractivity contribution in [3.63, 3.8) is 0 Å². The molecule has 2 fully saturated rings. The third-order valence-corrected chi connectivity index (χ3v) is 7.74. The number of rotatable bonds is 6. The number of methoxy groups -OCH3 is 2. The molecule has 0 amide bonds. The standard InChI is InChI=1S/C28H33ClN8O2/c1-19-17-37(9-7-30-19)28-31-6-4-26(33-28)35-12-10-34(11-13-35)20-5-8-36-18-23(32-27(36)14-20)21-15-22(29)25(39-3)16-24(21)38-2/h4-6,8,14-16,18-19,30H,7,9-13,17H2,1-3H3. The van der Waals surface area contributed by atoms with Gasteiger partial charge in [-0.1, -0.05) is 11.6 Å². The van der Waals surface area contributed by atoms with Crippen LogP contribution in [0.15, 0.2) is 48.9 Å². The van der Waals surface area contributed by atoms with E-state index >= 15 is 0 Å². The molecule has 11 heteroatoms. The summed E-state index contributed by atoms with van der Waals surface area (Å²) in [5.74, 6) is 3.04. The van der Waals surface area contributed by atoms with Crippen molar-refractivity contribution in [1.29, 1.82) is 0 Å². The van der Waals surface area contributed by atoms with E-state index in [4.69, 9.17) is 31.0 Å². The maximum absolute atomic E-state index is 6.41. The Morgan fingerprint density at radius 3 is 2.49 bits per heavy atom. The number of pyridine rings is 1. The van der Waals surface area contributed by atoms with Crippen molar-refractivity contribution in [1.82, 2.24) is 24.7 Å². The molecule has 1 atom stereocenters. The van der Waals surface area contributed by atoms with E-state index in [1.165, 1.54) is 0 Å². The van der Waals surface area contributed by atoms with Crippen LogP contribution in [0.4, 0.5) is 17.5 Å². The first kappa shape index (κ1) is 25.5. The highest BCUT2D eigenvalue weighted by atomic mass is 35.5. The Bertz CT molecular complexity index is 1470. The van der Waals surface area contributed by atoms with Gasteiger partial charge in [0, 0.05) is 93.8 Å². The van der Waals surface area contributed by atoms with Crippen molar-refractivity contribution < 1.29 is 9.47 Å². The topological polar surface area (TPSA) is 83.3 Å². The van der Waals surface area contributed by atoms with Crippen molar-refractivity contribution in [3.8, 4) is 22.8 Å². The second kappa shape index (κ2) is 10.8. The van der Waals surface area contributed by atoms with Crippen LogP contribution in [0.2, 0.25) is 5.02 Å². The highest BCUT2D eigenvalue weighted by molar-refractivity contribution is 6.32. The molecule has 39 heavy (non-hydrogen) atoms. The minimum atomic E-state index is 0.439. The van der Waals surface area contributed by atoms with Crippen LogP contribution in [0, 0.1) is 0 Å². The number of fused-ring (bicyclic) bond motifs is 1. The monoisotopic (exact) mass is 548 g/mol. The molecule has 204 valence electrons. The molecule has 6 rings (SSSR count). The molecule has 0 saturated carbocycles. The number of piperazine rings is 2. The zero-order chi connectivity index (χ0) is 26.9. The summed E-state index contributed by atoms with van der Waals surface area (Å²) in [5.41, 5.74) is 3.63. The second-order valence-electron chi connectivity index (χ2n) is 9.95. The number of hydrogen-bond donors (Lipinski definition) is 1. The van der Waals surface area contributed by atoms with Crippen LogP contribution in [0.25, 0.3) is 16.9 Å². The minimum absolute atomic E-state index is 0.439. The van der Waals surface area contributed by atoms with E-state index in [1.54, 1.807) is 20.3 Å². The van der Waals surface area contributed by atoms with Crippen LogP contribution < -0.4 is 29.5 Å². The highest BCUT2D eigenvalue weighted by Gasteiger charge is 2.22. The molecular weight excluding hydrogens is 516 g/mol. The van der Waals surface area contributed by atoms with E-state index < -0.39 is 0 Å². The Morgan fingerprint density at radius 2 is 1.72 bits per heavy atom. The fourth-order valence-corrected chi connectivity index (χ4v) is 5.57. The number of hydrogen-bond acceptors (Lipinski definition) is 9. The Hall–Kier alpha value is -3.76. The van der Waals surface area contributed by atoms with Crippen molar-refractivity contribution >= 4 is 34.7 Å². The van der Waals surface area contributed by atoms with Crippen molar-refractivity contribution in [3.05, 3.63) is 53.9 Å². The Kier molecular flexibility index (Phi) is 7.05. The lowest BCUT2D eigenvalue weighted by Gasteiger charge is -2.37. The van der Waals surface area contributed by atoms with Gasteiger partial charge in [-0.3, -0.25) is 0 Å². The molecule has 10 nitrogen and oxygen atoms in total. The molecule has 0 radical (unpaired) electrons. The van der Waals surface area contributed by atoms with E-state index in [9.17, 15) is 0 Å². The second-order valence-corrected chi connectivity index (χ2v) is 10.4. The zero-order valence-corrected chi connectivity index (χ0v) is 23.2. The predicted octanol–water partition coefficient (Wildman–Crippen LogP) is 3.59. The van der Waals surface area contributed by atoms with Gasteiger partial charge in [0.25, 0.3) is 0 Å². The molecule has 3 aromatic heterocycles. The largest absolute Gasteiger partial charge is 0.496 e. The molecule has 2 aliphatic heterocycles. The van der Waals surface area contributed by atoms with Gasteiger partial charge in [-0.2, -0.15) is 4.98 Å². The van der Waals surface area contributed by atoms with E-state index in [0.29, 0.717) is 22.6 Å². The van der Waals surface area contributed by atoms with Gasteiger partial charge in [0.05, 0.1) is 24.9 Å². The number of ether oxygens (including phenoxy) is 2. The Balaban J connectivity index is 1.17. The summed E-state index contributed by atoms with van der Waals surface area (Å²) >= 11 is 6.41. The molecule has 0 aliphatic carbocycles. The van der Waals surface area contributed by atoms with Crippen molar-refractivity contribution in [2.45, 2.75) is 13.0 Å². The fraction of sp³-hybridized carbons (Fsp3) is 0.393. The molecule has 0 bridgehead atoms. The highest BCUT2D eigenvalue weighted by Crippen LogP contribution is 2.38. The summed E-state index contributed by atoms with van der Waals surface area (Å²) in [7, 11) is 3.22. The van der Waals surface area contributed by atoms with Gasteiger partial charge in [-0.05, 0) is 25.1 Å². The number of nitrogens with one attached hydrogen (secondary N) is 1. The SMILES string of the molecule is COc1cc(OC)c(-c2cn3ccc(N4CCN(c5ccnc(N6CCNC(C)C6)n5)CC4)cc3n2)cc1Cl. The molecule has 1 N–H and O–H groups in total. The number of nitrogens with zero attached hydrogens (tertiary/aromatic N) is 7. The zero-order valence-electron chi connectivity index (χ0n) is 22.5. The normalized spacial score (nSPS) is 18.1. The maximum Gasteiger partial charge on any atom is 0.227 e. The number of anilines is 3. The third kappa shape index (κ3) is 5.14.